The van der Waals surface area contributed by atoms with Crippen molar-refractivity contribution in [2.75, 3.05) is 6.54 Å². The van der Waals surface area contributed by atoms with Crippen LogP contribution in [-0.4, -0.2) is 26.7 Å². The van der Waals surface area contributed by atoms with E-state index >= 15 is 0 Å². The number of aryl methyl sites for hydroxylation is 2. The second-order valence-electron chi connectivity index (χ2n) is 8.66. The molecule has 0 fully saturated rings. The molecule has 1 atom stereocenters. The first-order valence-corrected chi connectivity index (χ1v) is 11.5. The number of nitrogens with one attached hydrogen (secondary N) is 1. The van der Waals surface area contributed by atoms with Crippen molar-refractivity contribution in [1.82, 2.24) is 20.4 Å². The van der Waals surface area contributed by atoms with Crippen molar-refractivity contribution < 1.29 is 4.52 Å². The van der Waals surface area contributed by atoms with E-state index in [9.17, 15) is 0 Å². The maximum Gasteiger partial charge on any atom is 0.258 e. The van der Waals surface area contributed by atoms with Gasteiger partial charge in [0.15, 0.2) is 5.11 Å². The summed E-state index contributed by atoms with van der Waals surface area (Å²) in [5.41, 5.74) is 6.34. The SMILES string of the molecule is CC1=C(c2nc(-c3cccc(Cl)c3)no2)C(c2ccc(C)c(C)c2)NC(=S)N1CC(C)C. The first-order chi connectivity index (χ1) is 15.2. The average molecular weight is 467 g/mol. The van der Waals surface area contributed by atoms with Gasteiger partial charge in [0.1, 0.15) is 0 Å². The largest absolute Gasteiger partial charge is 0.351 e. The zero-order chi connectivity index (χ0) is 23.0. The number of allylic oxidation sites excluding steroid dienone is 1. The number of benzene rings is 2. The Morgan fingerprint density at radius 3 is 2.59 bits per heavy atom. The van der Waals surface area contributed by atoms with Crippen molar-refractivity contribution in [2.45, 2.75) is 40.7 Å². The van der Waals surface area contributed by atoms with Gasteiger partial charge < -0.3 is 14.7 Å². The van der Waals surface area contributed by atoms with Gasteiger partial charge in [-0.25, -0.2) is 0 Å². The van der Waals surface area contributed by atoms with Crippen LogP contribution in [0.4, 0.5) is 0 Å². The van der Waals surface area contributed by atoms with E-state index in [1.165, 1.54) is 11.1 Å². The fraction of sp³-hybridized carbons (Fsp3) is 0.320. The molecule has 0 radical (unpaired) electrons. The summed E-state index contributed by atoms with van der Waals surface area (Å²) < 4.78 is 5.79. The zero-order valence-corrected chi connectivity index (χ0v) is 20.5. The second-order valence-corrected chi connectivity index (χ2v) is 9.49. The fourth-order valence-electron chi connectivity index (χ4n) is 3.92. The molecule has 3 aromatic rings. The maximum absolute atomic E-state index is 6.16. The van der Waals surface area contributed by atoms with Crippen LogP contribution >= 0.6 is 23.8 Å². The van der Waals surface area contributed by atoms with Crippen LogP contribution in [0.3, 0.4) is 0 Å². The first kappa shape index (κ1) is 22.5. The summed E-state index contributed by atoms with van der Waals surface area (Å²) in [4.78, 5) is 6.87. The van der Waals surface area contributed by atoms with E-state index < -0.39 is 0 Å². The van der Waals surface area contributed by atoms with Gasteiger partial charge >= 0.3 is 0 Å². The predicted octanol–water partition coefficient (Wildman–Crippen LogP) is 6.33. The highest BCUT2D eigenvalue weighted by molar-refractivity contribution is 7.80. The molecular formula is C25H27ClN4OS. The van der Waals surface area contributed by atoms with E-state index in [4.69, 9.17) is 33.3 Å². The van der Waals surface area contributed by atoms with E-state index in [2.05, 4.69) is 68.2 Å². The molecule has 5 nitrogen and oxygen atoms in total. The van der Waals surface area contributed by atoms with Crippen LogP contribution < -0.4 is 5.32 Å². The molecule has 32 heavy (non-hydrogen) atoms. The Kier molecular flexibility index (Phi) is 6.35. The summed E-state index contributed by atoms with van der Waals surface area (Å²) in [7, 11) is 0. The van der Waals surface area contributed by atoms with Gasteiger partial charge in [-0.1, -0.05) is 60.9 Å². The molecule has 1 aromatic heterocycles. The van der Waals surface area contributed by atoms with Gasteiger partial charge in [-0.15, -0.1) is 0 Å². The van der Waals surface area contributed by atoms with Gasteiger partial charge in [-0.3, -0.25) is 0 Å². The van der Waals surface area contributed by atoms with Crippen LogP contribution in [0.1, 0.15) is 49.4 Å². The van der Waals surface area contributed by atoms with Gasteiger partial charge in [-0.05, 0) is 67.7 Å². The molecule has 0 amide bonds. The second kappa shape index (κ2) is 9.04. The highest BCUT2D eigenvalue weighted by Crippen LogP contribution is 2.38. The monoisotopic (exact) mass is 466 g/mol. The van der Waals surface area contributed by atoms with Crippen LogP contribution in [0.25, 0.3) is 17.0 Å². The third kappa shape index (κ3) is 4.43. The summed E-state index contributed by atoms with van der Waals surface area (Å²) in [5.74, 6) is 1.42. The van der Waals surface area contributed by atoms with Crippen LogP contribution in [0.2, 0.25) is 5.02 Å². The van der Waals surface area contributed by atoms with Crippen molar-refractivity contribution >= 4 is 34.5 Å². The van der Waals surface area contributed by atoms with Crippen molar-refractivity contribution in [3.8, 4) is 11.4 Å². The summed E-state index contributed by atoms with van der Waals surface area (Å²) in [6.45, 7) is 11.5. The molecule has 4 rings (SSSR count). The number of aromatic nitrogens is 2. The Morgan fingerprint density at radius 2 is 1.91 bits per heavy atom. The minimum Gasteiger partial charge on any atom is -0.351 e. The van der Waals surface area contributed by atoms with E-state index in [1.54, 1.807) is 0 Å². The Morgan fingerprint density at radius 1 is 1.12 bits per heavy atom. The first-order valence-electron chi connectivity index (χ1n) is 10.7. The summed E-state index contributed by atoms with van der Waals surface area (Å²) in [6, 6.07) is 13.7. The lowest BCUT2D eigenvalue weighted by Gasteiger charge is -2.38. The van der Waals surface area contributed by atoms with Gasteiger partial charge in [0.05, 0.1) is 11.6 Å². The number of hydrogen-bond donors (Lipinski definition) is 1. The quantitative estimate of drug-likeness (QED) is 0.443. The lowest BCUT2D eigenvalue weighted by atomic mass is 9.92. The Hall–Kier alpha value is -2.70. The number of hydrogen-bond acceptors (Lipinski definition) is 4. The topological polar surface area (TPSA) is 54.2 Å². The van der Waals surface area contributed by atoms with E-state index in [1.807, 2.05) is 24.3 Å². The van der Waals surface area contributed by atoms with Gasteiger partial charge in [0, 0.05) is 22.8 Å². The summed E-state index contributed by atoms with van der Waals surface area (Å²) >= 11 is 11.9. The van der Waals surface area contributed by atoms with Gasteiger partial charge in [0.2, 0.25) is 5.82 Å². The molecule has 0 saturated heterocycles. The smallest absolute Gasteiger partial charge is 0.258 e. The third-order valence-corrected chi connectivity index (χ3v) is 6.32. The Balaban J connectivity index is 1.83. The molecule has 1 N–H and O–H groups in total. The predicted molar refractivity (Wildman–Crippen MR) is 133 cm³/mol. The third-order valence-electron chi connectivity index (χ3n) is 5.75. The number of halogens is 1. The minimum atomic E-state index is -0.183. The Bertz CT molecular complexity index is 1200. The van der Waals surface area contributed by atoms with Crippen molar-refractivity contribution in [3.63, 3.8) is 0 Å². The minimum absolute atomic E-state index is 0.183. The molecular weight excluding hydrogens is 440 g/mol. The highest BCUT2D eigenvalue weighted by Gasteiger charge is 2.34. The average Bonchev–Trinajstić information content (AvgIpc) is 3.22. The normalized spacial score (nSPS) is 16.7. The van der Waals surface area contributed by atoms with Crippen LogP contribution in [-0.2, 0) is 0 Å². The highest BCUT2D eigenvalue weighted by atomic mass is 35.5. The lowest BCUT2D eigenvalue weighted by molar-refractivity contribution is 0.386. The van der Waals surface area contributed by atoms with E-state index in [0.29, 0.717) is 27.8 Å². The standard InChI is InChI=1S/C25H27ClN4OS/c1-14(2)13-30-17(5)21(22(27-25(30)32)18-10-9-15(3)16(4)11-18)24-28-23(29-31-24)19-7-6-8-20(26)12-19/h6-12,14,22H,13H2,1-5H3,(H,27,32). The molecule has 0 saturated carbocycles. The van der Waals surface area contributed by atoms with Crippen LogP contribution in [0, 0.1) is 19.8 Å². The van der Waals surface area contributed by atoms with Crippen molar-refractivity contribution in [1.29, 1.82) is 0 Å². The lowest BCUT2D eigenvalue weighted by Crippen LogP contribution is -2.47. The molecule has 1 aliphatic rings. The van der Waals surface area contributed by atoms with Crippen LogP contribution in [0.5, 0.6) is 0 Å². The van der Waals surface area contributed by atoms with Gasteiger partial charge in [-0.2, -0.15) is 4.98 Å². The zero-order valence-electron chi connectivity index (χ0n) is 18.9. The molecule has 166 valence electrons. The number of nitrogens with zero attached hydrogens (tertiary/aromatic N) is 3. The van der Waals surface area contributed by atoms with Crippen molar-refractivity contribution in [2.24, 2.45) is 5.92 Å². The molecule has 2 aromatic carbocycles. The molecule has 0 spiro atoms. The Labute approximate surface area is 199 Å². The maximum atomic E-state index is 6.16. The number of rotatable bonds is 5. The molecule has 2 heterocycles. The molecule has 0 bridgehead atoms. The van der Waals surface area contributed by atoms with Gasteiger partial charge in [0.25, 0.3) is 5.89 Å². The molecule has 7 heteroatoms. The summed E-state index contributed by atoms with van der Waals surface area (Å²) in [5, 5.41) is 9.10. The van der Waals surface area contributed by atoms with Crippen LogP contribution in [0.15, 0.2) is 52.7 Å². The number of thiocarbonyl (C=S) groups is 1. The summed E-state index contributed by atoms with van der Waals surface area (Å²) in [6.07, 6.45) is 0. The molecule has 1 unspecified atom stereocenters. The van der Waals surface area contributed by atoms with E-state index in [-0.39, 0.29) is 6.04 Å². The molecule has 0 aliphatic carbocycles. The molecule has 1 aliphatic heterocycles. The fourth-order valence-corrected chi connectivity index (χ4v) is 4.43. The van der Waals surface area contributed by atoms with Crippen molar-refractivity contribution in [3.05, 3.63) is 75.8 Å². The van der Waals surface area contributed by atoms with E-state index in [0.717, 1.165) is 28.9 Å².